The van der Waals surface area contributed by atoms with E-state index in [-0.39, 0.29) is 5.75 Å². The SMILES string of the molecule is CCCNCc1c(OC(F)F)ccc2ccccc12. The zero-order chi connectivity index (χ0) is 13.7. The summed E-state index contributed by atoms with van der Waals surface area (Å²) >= 11 is 0. The highest BCUT2D eigenvalue weighted by Crippen LogP contribution is 2.29. The van der Waals surface area contributed by atoms with Crippen LogP contribution in [-0.4, -0.2) is 13.2 Å². The largest absolute Gasteiger partial charge is 0.434 e. The van der Waals surface area contributed by atoms with E-state index in [0.717, 1.165) is 29.3 Å². The van der Waals surface area contributed by atoms with Crippen molar-refractivity contribution in [3.8, 4) is 5.75 Å². The molecule has 0 aliphatic heterocycles. The first-order chi connectivity index (χ1) is 9.22. The molecular weight excluding hydrogens is 248 g/mol. The molecule has 0 bridgehead atoms. The fourth-order valence-corrected chi connectivity index (χ4v) is 2.09. The maximum Gasteiger partial charge on any atom is 0.387 e. The van der Waals surface area contributed by atoms with Crippen LogP contribution in [0, 0.1) is 0 Å². The van der Waals surface area contributed by atoms with Gasteiger partial charge >= 0.3 is 6.61 Å². The van der Waals surface area contributed by atoms with Crippen LogP contribution in [0.4, 0.5) is 8.78 Å². The quantitative estimate of drug-likeness (QED) is 0.799. The Balaban J connectivity index is 2.39. The van der Waals surface area contributed by atoms with Crippen LogP contribution in [0.25, 0.3) is 10.8 Å². The van der Waals surface area contributed by atoms with Crippen LogP contribution in [0.2, 0.25) is 0 Å². The zero-order valence-electron chi connectivity index (χ0n) is 10.8. The molecule has 0 amide bonds. The number of benzene rings is 2. The monoisotopic (exact) mass is 265 g/mol. The molecule has 102 valence electrons. The van der Waals surface area contributed by atoms with Gasteiger partial charge in [0.1, 0.15) is 5.75 Å². The van der Waals surface area contributed by atoms with E-state index in [1.807, 2.05) is 24.3 Å². The van der Waals surface area contributed by atoms with Crippen molar-refractivity contribution < 1.29 is 13.5 Å². The normalized spacial score (nSPS) is 11.2. The lowest BCUT2D eigenvalue weighted by molar-refractivity contribution is -0.0503. The van der Waals surface area contributed by atoms with Crippen LogP contribution in [0.1, 0.15) is 18.9 Å². The number of halogens is 2. The highest BCUT2D eigenvalue weighted by atomic mass is 19.3. The molecule has 2 rings (SSSR count). The number of rotatable bonds is 6. The Hall–Kier alpha value is -1.68. The number of hydrogen-bond acceptors (Lipinski definition) is 2. The van der Waals surface area contributed by atoms with E-state index in [9.17, 15) is 8.78 Å². The molecule has 0 fully saturated rings. The lowest BCUT2D eigenvalue weighted by atomic mass is 10.0. The minimum Gasteiger partial charge on any atom is -0.434 e. The molecular formula is C15H17F2NO. The molecule has 2 nitrogen and oxygen atoms in total. The van der Waals surface area contributed by atoms with Gasteiger partial charge in [0.2, 0.25) is 0 Å². The minimum atomic E-state index is -2.80. The molecule has 4 heteroatoms. The molecule has 0 spiro atoms. The molecule has 1 N–H and O–H groups in total. The van der Waals surface area contributed by atoms with Crippen molar-refractivity contribution in [3.63, 3.8) is 0 Å². The van der Waals surface area contributed by atoms with Crippen LogP contribution < -0.4 is 10.1 Å². The molecule has 0 saturated heterocycles. The lowest BCUT2D eigenvalue weighted by Crippen LogP contribution is -2.15. The second kappa shape index (κ2) is 6.48. The third kappa shape index (κ3) is 3.41. The Morgan fingerprint density at radius 1 is 1.16 bits per heavy atom. The first-order valence-corrected chi connectivity index (χ1v) is 6.38. The van der Waals surface area contributed by atoms with Gasteiger partial charge in [0.05, 0.1) is 0 Å². The van der Waals surface area contributed by atoms with Gasteiger partial charge in [0.25, 0.3) is 0 Å². The van der Waals surface area contributed by atoms with Crippen molar-refractivity contribution in [2.24, 2.45) is 0 Å². The van der Waals surface area contributed by atoms with Gasteiger partial charge in [-0.3, -0.25) is 0 Å². The van der Waals surface area contributed by atoms with E-state index < -0.39 is 6.61 Å². The molecule has 2 aromatic rings. The van der Waals surface area contributed by atoms with Crippen LogP contribution in [0.15, 0.2) is 36.4 Å². The third-order valence-electron chi connectivity index (χ3n) is 2.94. The molecule has 0 aromatic heterocycles. The van der Waals surface area contributed by atoms with E-state index in [2.05, 4.69) is 17.0 Å². The van der Waals surface area contributed by atoms with Crippen molar-refractivity contribution in [1.82, 2.24) is 5.32 Å². The molecule has 0 unspecified atom stereocenters. The van der Waals surface area contributed by atoms with Crippen molar-refractivity contribution in [3.05, 3.63) is 42.0 Å². The van der Waals surface area contributed by atoms with Gasteiger partial charge in [0.15, 0.2) is 0 Å². The summed E-state index contributed by atoms with van der Waals surface area (Å²) in [7, 11) is 0. The van der Waals surface area contributed by atoms with Gasteiger partial charge in [-0.1, -0.05) is 37.3 Å². The summed E-state index contributed by atoms with van der Waals surface area (Å²) in [6.07, 6.45) is 0.996. The Morgan fingerprint density at radius 3 is 2.68 bits per heavy atom. The smallest absolute Gasteiger partial charge is 0.387 e. The summed E-state index contributed by atoms with van der Waals surface area (Å²) in [5.41, 5.74) is 0.784. The lowest BCUT2D eigenvalue weighted by Gasteiger charge is -2.14. The predicted octanol–water partition coefficient (Wildman–Crippen LogP) is 3.94. The van der Waals surface area contributed by atoms with Crippen molar-refractivity contribution in [2.45, 2.75) is 26.5 Å². The predicted molar refractivity (Wildman–Crippen MR) is 72.6 cm³/mol. The number of nitrogens with one attached hydrogen (secondary N) is 1. The Bertz CT molecular complexity index is 543. The highest BCUT2D eigenvalue weighted by Gasteiger charge is 2.12. The van der Waals surface area contributed by atoms with Gasteiger partial charge in [-0.15, -0.1) is 0 Å². The van der Waals surface area contributed by atoms with Crippen LogP contribution >= 0.6 is 0 Å². The summed E-state index contributed by atoms with van der Waals surface area (Å²) in [6.45, 7) is 0.632. The van der Waals surface area contributed by atoms with E-state index in [4.69, 9.17) is 0 Å². The topological polar surface area (TPSA) is 21.3 Å². The Morgan fingerprint density at radius 2 is 1.95 bits per heavy atom. The maximum absolute atomic E-state index is 12.4. The first kappa shape index (κ1) is 13.7. The van der Waals surface area contributed by atoms with Gasteiger partial charge in [0, 0.05) is 12.1 Å². The zero-order valence-corrected chi connectivity index (χ0v) is 10.8. The number of alkyl halides is 2. The molecule has 0 aliphatic rings. The fraction of sp³-hybridized carbons (Fsp3) is 0.333. The summed E-state index contributed by atoms with van der Waals surface area (Å²) in [4.78, 5) is 0. The maximum atomic E-state index is 12.4. The number of fused-ring (bicyclic) bond motifs is 1. The summed E-state index contributed by atoms with van der Waals surface area (Å²) in [5, 5.41) is 5.21. The van der Waals surface area contributed by atoms with Gasteiger partial charge in [-0.25, -0.2) is 0 Å². The average molecular weight is 265 g/mol. The number of ether oxygens (including phenoxy) is 1. The van der Waals surface area contributed by atoms with Crippen LogP contribution in [-0.2, 0) is 6.54 Å². The van der Waals surface area contributed by atoms with Crippen LogP contribution in [0.5, 0.6) is 5.75 Å². The van der Waals surface area contributed by atoms with E-state index >= 15 is 0 Å². The molecule has 0 saturated carbocycles. The molecule has 0 radical (unpaired) electrons. The van der Waals surface area contributed by atoms with Crippen molar-refractivity contribution in [2.75, 3.05) is 6.54 Å². The first-order valence-electron chi connectivity index (χ1n) is 6.38. The fourth-order valence-electron chi connectivity index (χ4n) is 2.09. The highest BCUT2D eigenvalue weighted by molar-refractivity contribution is 5.87. The van der Waals surface area contributed by atoms with Gasteiger partial charge < -0.3 is 10.1 Å². The average Bonchev–Trinajstić information content (AvgIpc) is 2.40. The Labute approximate surface area is 111 Å². The Kier molecular flexibility index (Phi) is 4.68. The van der Waals surface area contributed by atoms with Crippen molar-refractivity contribution in [1.29, 1.82) is 0 Å². The van der Waals surface area contributed by atoms with E-state index in [0.29, 0.717) is 6.54 Å². The summed E-state index contributed by atoms with van der Waals surface area (Å²) in [6, 6.07) is 11.1. The third-order valence-corrected chi connectivity index (χ3v) is 2.94. The molecule has 0 aliphatic carbocycles. The number of hydrogen-bond donors (Lipinski definition) is 1. The van der Waals surface area contributed by atoms with Gasteiger partial charge in [-0.05, 0) is 29.8 Å². The molecule has 19 heavy (non-hydrogen) atoms. The summed E-state index contributed by atoms with van der Waals surface area (Å²) < 4.78 is 29.5. The molecule has 0 atom stereocenters. The second-order valence-electron chi connectivity index (χ2n) is 4.32. The van der Waals surface area contributed by atoms with Gasteiger partial charge in [-0.2, -0.15) is 8.78 Å². The van der Waals surface area contributed by atoms with E-state index in [1.165, 1.54) is 0 Å². The van der Waals surface area contributed by atoms with Crippen LogP contribution in [0.3, 0.4) is 0 Å². The summed E-state index contributed by atoms with van der Waals surface area (Å²) in [5.74, 6) is 0.248. The second-order valence-corrected chi connectivity index (χ2v) is 4.32. The molecule has 0 heterocycles. The van der Waals surface area contributed by atoms with E-state index in [1.54, 1.807) is 12.1 Å². The standard InChI is InChI=1S/C15H17F2NO/c1-2-9-18-10-13-12-6-4-3-5-11(12)7-8-14(13)19-15(16)17/h3-8,15,18H,2,9-10H2,1H3. The van der Waals surface area contributed by atoms with Crippen molar-refractivity contribution >= 4 is 10.8 Å². The minimum absolute atomic E-state index is 0.248. The molecule has 2 aromatic carbocycles.